The molecule has 8 heteroatoms. The van der Waals surface area contributed by atoms with Crippen molar-refractivity contribution in [2.45, 2.75) is 43.8 Å². The Morgan fingerprint density at radius 3 is 1.74 bits per heavy atom. The van der Waals surface area contributed by atoms with Gasteiger partial charge in [-0.05, 0) is 37.0 Å². The van der Waals surface area contributed by atoms with Gasteiger partial charge in [0.05, 0.1) is 12.0 Å². The quantitative estimate of drug-likeness (QED) is 0.768. The molecular weight excluding hydrogens is 278 g/mol. The van der Waals surface area contributed by atoms with Gasteiger partial charge < -0.3 is 10.2 Å². The lowest BCUT2D eigenvalue weighted by atomic mass is 9.75. The largest absolute Gasteiger partial charge is 0.414 e. The standard InChI is InChI=1S/C11H14F6O2/c12-10(13,14)8(9(19)11(15,16)17)6-2-5-1-4(6)3-7(5)18/h4-9,18-19H,1-3H2. The first-order valence-corrected chi connectivity index (χ1v) is 6.01. The molecule has 2 rings (SSSR count). The summed E-state index contributed by atoms with van der Waals surface area (Å²) in [6, 6.07) is 0. The van der Waals surface area contributed by atoms with E-state index in [1.54, 1.807) is 0 Å². The second kappa shape index (κ2) is 4.51. The van der Waals surface area contributed by atoms with E-state index in [4.69, 9.17) is 5.11 Å². The van der Waals surface area contributed by atoms with Gasteiger partial charge in [-0.2, -0.15) is 26.3 Å². The van der Waals surface area contributed by atoms with Crippen LogP contribution in [0.2, 0.25) is 0 Å². The van der Waals surface area contributed by atoms with Gasteiger partial charge in [0.1, 0.15) is 0 Å². The minimum absolute atomic E-state index is 0.0898. The molecule has 19 heavy (non-hydrogen) atoms. The SMILES string of the molecule is OC1CC2CC1CC2C(C(O)C(F)(F)F)C(F)(F)F. The zero-order valence-electron chi connectivity index (χ0n) is 9.75. The highest BCUT2D eigenvalue weighted by Gasteiger charge is 2.62. The third-order valence-electron chi connectivity index (χ3n) is 4.39. The molecule has 0 amide bonds. The van der Waals surface area contributed by atoms with Crippen molar-refractivity contribution in [2.75, 3.05) is 0 Å². The number of alkyl halides is 6. The fraction of sp³-hybridized carbons (Fsp3) is 1.00. The van der Waals surface area contributed by atoms with Crippen LogP contribution < -0.4 is 0 Å². The average molecular weight is 292 g/mol. The van der Waals surface area contributed by atoms with Gasteiger partial charge in [-0.3, -0.25) is 0 Å². The number of rotatable bonds is 2. The van der Waals surface area contributed by atoms with Crippen molar-refractivity contribution < 1.29 is 36.6 Å². The summed E-state index contributed by atoms with van der Waals surface area (Å²) in [7, 11) is 0. The maximum Gasteiger partial charge on any atom is 0.414 e. The molecule has 0 aromatic heterocycles. The van der Waals surface area contributed by atoms with E-state index >= 15 is 0 Å². The van der Waals surface area contributed by atoms with Crippen LogP contribution in [0.25, 0.3) is 0 Å². The Labute approximate surface area is 105 Å². The summed E-state index contributed by atoms with van der Waals surface area (Å²) >= 11 is 0. The van der Waals surface area contributed by atoms with Crippen molar-refractivity contribution in [3.8, 4) is 0 Å². The number of aliphatic hydroxyl groups is 2. The summed E-state index contributed by atoms with van der Waals surface area (Å²) < 4.78 is 75.8. The highest BCUT2D eigenvalue weighted by Crippen LogP contribution is 2.56. The molecule has 2 aliphatic carbocycles. The van der Waals surface area contributed by atoms with Crippen LogP contribution in [0.1, 0.15) is 19.3 Å². The van der Waals surface area contributed by atoms with E-state index in [2.05, 4.69) is 0 Å². The van der Waals surface area contributed by atoms with Gasteiger partial charge in [0.15, 0.2) is 6.10 Å². The summed E-state index contributed by atoms with van der Waals surface area (Å²) in [5, 5.41) is 18.5. The molecule has 0 heterocycles. The highest BCUT2D eigenvalue weighted by molar-refractivity contribution is 5.01. The van der Waals surface area contributed by atoms with E-state index in [0.29, 0.717) is 6.42 Å². The monoisotopic (exact) mass is 292 g/mol. The first kappa shape index (κ1) is 14.9. The van der Waals surface area contributed by atoms with Gasteiger partial charge >= 0.3 is 12.4 Å². The molecule has 2 nitrogen and oxygen atoms in total. The topological polar surface area (TPSA) is 40.5 Å². The van der Waals surface area contributed by atoms with E-state index in [0.717, 1.165) is 0 Å². The molecule has 0 radical (unpaired) electrons. The van der Waals surface area contributed by atoms with Crippen molar-refractivity contribution in [2.24, 2.45) is 23.7 Å². The Morgan fingerprint density at radius 2 is 1.42 bits per heavy atom. The first-order chi connectivity index (χ1) is 8.51. The molecule has 0 aliphatic heterocycles. The van der Waals surface area contributed by atoms with Crippen LogP contribution in [0.5, 0.6) is 0 Å². The van der Waals surface area contributed by atoms with Gasteiger partial charge in [0, 0.05) is 0 Å². The molecule has 6 unspecified atom stereocenters. The van der Waals surface area contributed by atoms with Crippen LogP contribution >= 0.6 is 0 Å². The van der Waals surface area contributed by atoms with E-state index in [1.165, 1.54) is 0 Å². The molecule has 2 fully saturated rings. The van der Waals surface area contributed by atoms with E-state index in [1.807, 2.05) is 0 Å². The maximum atomic E-state index is 12.9. The Bertz CT molecular complexity index is 337. The van der Waals surface area contributed by atoms with E-state index < -0.39 is 42.3 Å². The Balaban J connectivity index is 2.21. The Morgan fingerprint density at radius 1 is 0.842 bits per heavy atom. The number of aliphatic hydroxyl groups excluding tert-OH is 2. The highest BCUT2D eigenvalue weighted by atomic mass is 19.4. The average Bonchev–Trinajstić information content (AvgIpc) is 2.73. The summed E-state index contributed by atoms with van der Waals surface area (Å²) in [6.45, 7) is 0. The number of halogens is 6. The van der Waals surface area contributed by atoms with Crippen LogP contribution in [-0.4, -0.2) is 34.8 Å². The van der Waals surface area contributed by atoms with Crippen molar-refractivity contribution in [3.63, 3.8) is 0 Å². The van der Waals surface area contributed by atoms with Crippen LogP contribution in [0, 0.1) is 23.7 Å². The Kier molecular flexibility index (Phi) is 3.54. The summed E-state index contributed by atoms with van der Waals surface area (Å²) in [6.07, 6.45) is -14.2. The number of hydrogen-bond acceptors (Lipinski definition) is 2. The molecule has 0 saturated heterocycles. The van der Waals surface area contributed by atoms with E-state index in [-0.39, 0.29) is 18.8 Å². The second-order valence-electron chi connectivity index (χ2n) is 5.51. The normalized spacial score (nSPS) is 38.5. The van der Waals surface area contributed by atoms with Gasteiger partial charge in [-0.1, -0.05) is 0 Å². The molecule has 0 spiro atoms. The van der Waals surface area contributed by atoms with Gasteiger partial charge in [-0.25, -0.2) is 0 Å². The van der Waals surface area contributed by atoms with Gasteiger partial charge in [0.25, 0.3) is 0 Å². The lowest BCUT2D eigenvalue weighted by Crippen LogP contribution is -2.49. The molecule has 2 saturated carbocycles. The Hall–Kier alpha value is -0.500. The predicted octanol–water partition coefficient (Wildman–Crippen LogP) is 2.50. The minimum atomic E-state index is -5.29. The lowest BCUT2D eigenvalue weighted by molar-refractivity contribution is -0.289. The summed E-state index contributed by atoms with van der Waals surface area (Å²) in [4.78, 5) is 0. The molecule has 2 aliphatic rings. The van der Waals surface area contributed by atoms with Gasteiger partial charge in [-0.15, -0.1) is 0 Å². The van der Waals surface area contributed by atoms with Crippen LogP contribution in [-0.2, 0) is 0 Å². The number of hydrogen-bond donors (Lipinski definition) is 2. The summed E-state index contributed by atoms with van der Waals surface area (Å²) in [5.41, 5.74) is 0. The second-order valence-corrected chi connectivity index (χ2v) is 5.51. The number of fused-ring (bicyclic) bond motifs is 2. The molecule has 6 atom stereocenters. The summed E-state index contributed by atoms with van der Waals surface area (Å²) in [5.74, 6) is -5.02. The molecule has 2 bridgehead atoms. The zero-order chi connectivity index (χ0) is 14.6. The minimum Gasteiger partial charge on any atom is -0.393 e. The fourth-order valence-corrected chi connectivity index (χ4v) is 3.59. The third kappa shape index (κ3) is 2.69. The zero-order valence-corrected chi connectivity index (χ0v) is 9.75. The molecule has 0 aromatic rings. The van der Waals surface area contributed by atoms with Gasteiger partial charge in [0.2, 0.25) is 0 Å². The van der Waals surface area contributed by atoms with Crippen LogP contribution in [0.4, 0.5) is 26.3 Å². The van der Waals surface area contributed by atoms with Crippen molar-refractivity contribution in [1.82, 2.24) is 0 Å². The fourth-order valence-electron chi connectivity index (χ4n) is 3.59. The molecular formula is C11H14F6O2. The van der Waals surface area contributed by atoms with Crippen molar-refractivity contribution in [3.05, 3.63) is 0 Å². The molecule has 112 valence electrons. The lowest BCUT2D eigenvalue weighted by Gasteiger charge is -2.36. The van der Waals surface area contributed by atoms with E-state index in [9.17, 15) is 31.4 Å². The van der Waals surface area contributed by atoms with Crippen molar-refractivity contribution in [1.29, 1.82) is 0 Å². The predicted molar refractivity (Wildman–Crippen MR) is 51.9 cm³/mol. The maximum absolute atomic E-state index is 12.9. The third-order valence-corrected chi connectivity index (χ3v) is 4.39. The first-order valence-electron chi connectivity index (χ1n) is 6.01. The molecule has 0 aromatic carbocycles. The van der Waals surface area contributed by atoms with Crippen LogP contribution in [0.3, 0.4) is 0 Å². The van der Waals surface area contributed by atoms with Crippen LogP contribution in [0.15, 0.2) is 0 Å². The molecule has 2 N–H and O–H groups in total. The smallest absolute Gasteiger partial charge is 0.393 e. The van der Waals surface area contributed by atoms with Crippen molar-refractivity contribution >= 4 is 0 Å².